The lowest BCUT2D eigenvalue weighted by Crippen LogP contribution is -2.37. The van der Waals surface area contributed by atoms with Crippen LogP contribution in [0.3, 0.4) is 0 Å². The molecule has 1 atom stereocenters. The molecule has 0 radical (unpaired) electrons. The second-order valence-corrected chi connectivity index (χ2v) is 5.03. The van der Waals surface area contributed by atoms with Gasteiger partial charge in [-0.3, -0.25) is 4.79 Å². The van der Waals surface area contributed by atoms with Gasteiger partial charge in [-0.25, -0.2) is 0 Å². The summed E-state index contributed by atoms with van der Waals surface area (Å²) in [5.74, 6) is 0.707. The molecule has 0 aromatic heterocycles. The van der Waals surface area contributed by atoms with Crippen LogP contribution in [0.15, 0.2) is 24.3 Å². The Hall–Kier alpha value is -1.30. The summed E-state index contributed by atoms with van der Waals surface area (Å²) in [4.78, 5) is 13.7. The van der Waals surface area contributed by atoms with Crippen LogP contribution in [0, 0.1) is 0 Å². The first-order valence-electron chi connectivity index (χ1n) is 7.54. The van der Waals surface area contributed by atoms with Crippen LogP contribution < -0.4 is 15.8 Å². The van der Waals surface area contributed by atoms with Crippen molar-refractivity contribution < 1.29 is 9.53 Å². The molecular weight excluding hydrogens is 302 g/mol. The summed E-state index contributed by atoms with van der Waals surface area (Å²) in [6.45, 7) is 10.1. The Labute approximate surface area is 139 Å². The minimum Gasteiger partial charge on any atom is -0.492 e. The third-order valence-electron chi connectivity index (χ3n) is 3.37. The van der Waals surface area contributed by atoms with E-state index in [1.807, 2.05) is 24.3 Å². The Morgan fingerprint density at radius 1 is 1.27 bits per heavy atom. The third-order valence-corrected chi connectivity index (χ3v) is 3.37. The van der Waals surface area contributed by atoms with Gasteiger partial charge in [0.05, 0.1) is 6.04 Å². The van der Waals surface area contributed by atoms with Crippen molar-refractivity contribution in [3.05, 3.63) is 29.8 Å². The predicted molar refractivity (Wildman–Crippen MR) is 92.5 cm³/mol. The highest BCUT2D eigenvalue weighted by Crippen LogP contribution is 2.12. The maximum atomic E-state index is 11.4. The van der Waals surface area contributed by atoms with E-state index in [2.05, 4.69) is 24.1 Å². The minimum absolute atomic E-state index is 0. The van der Waals surface area contributed by atoms with E-state index in [-0.39, 0.29) is 18.3 Å². The Morgan fingerprint density at radius 2 is 1.86 bits per heavy atom. The molecule has 1 unspecified atom stereocenters. The van der Waals surface area contributed by atoms with E-state index in [1.54, 1.807) is 6.92 Å². The van der Waals surface area contributed by atoms with Crippen molar-refractivity contribution in [1.82, 2.24) is 10.2 Å². The van der Waals surface area contributed by atoms with Crippen molar-refractivity contribution in [2.45, 2.75) is 33.4 Å². The molecule has 0 aliphatic heterocycles. The third kappa shape index (κ3) is 7.64. The molecule has 6 heteroatoms. The number of hydrogen-bond acceptors (Lipinski definition) is 4. The molecule has 1 amide bonds. The monoisotopic (exact) mass is 329 g/mol. The normalized spacial score (nSPS) is 11.7. The zero-order chi connectivity index (χ0) is 15.7. The molecule has 0 aliphatic rings. The van der Waals surface area contributed by atoms with Gasteiger partial charge in [-0.2, -0.15) is 0 Å². The summed E-state index contributed by atoms with van der Waals surface area (Å²) in [6.07, 6.45) is 0. The van der Waals surface area contributed by atoms with Crippen LogP contribution in [0.5, 0.6) is 5.75 Å². The number of benzene rings is 1. The van der Waals surface area contributed by atoms with E-state index >= 15 is 0 Å². The van der Waals surface area contributed by atoms with Crippen LogP contribution in [0.25, 0.3) is 0 Å². The molecule has 0 heterocycles. The molecule has 0 aliphatic carbocycles. The van der Waals surface area contributed by atoms with Gasteiger partial charge in [-0.1, -0.05) is 26.0 Å². The quantitative estimate of drug-likeness (QED) is 0.725. The number of rotatable bonds is 9. The summed E-state index contributed by atoms with van der Waals surface area (Å²) in [7, 11) is 0. The number of nitrogens with one attached hydrogen (secondary N) is 1. The van der Waals surface area contributed by atoms with Gasteiger partial charge in [0.1, 0.15) is 12.4 Å². The number of nitrogens with two attached hydrogens (primary N) is 1. The largest absolute Gasteiger partial charge is 0.492 e. The fourth-order valence-electron chi connectivity index (χ4n) is 1.89. The maximum absolute atomic E-state index is 11.4. The lowest BCUT2D eigenvalue weighted by Gasteiger charge is -2.18. The molecule has 3 N–H and O–H groups in total. The highest BCUT2D eigenvalue weighted by molar-refractivity contribution is 5.85. The fourth-order valence-corrected chi connectivity index (χ4v) is 1.89. The molecule has 5 nitrogen and oxygen atoms in total. The topological polar surface area (TPSA) is 67.6 Å². The van der Waals surface area contributed by atoms with Crippen molar-refractivity contribution in [1.29, 1.82) is 0 Å². The smallest absolute Gasteiger partial charge is 0.236 e. The zero-order valence-corrected chi connectivity index (χ0v) is 14.5. The standard InChI is InChI=1S/C16H27N3O2.ClH/c1-4-19(5-2)10-11-21-15-8-6-14(7-9-15)12-18-16(20)13(3)17;/h6-9,13H,4-5,10-12,17H2,1-3H3,(H,18,20);1H. The van der Waals surface area contributed by atoms with Gasteiger partial charge >= 0.3 is 0 Å². The predicted octanol–water partition coefficient (Wildman–Crippen LogP) is 1.79. The summed E-state index contributed by atoms with van der Waals surface area (Å²) < 4.78 is 5.71. The molecule has 0 spiro atoms. The molecule has 0 saturated heterocycles. The molecular formula is C16H28ClN3O2. The van der Waals surface area contributed by atoms with Crippen LogP contribution >= 0.6 is 12.4 Å². The number of carbonyl (C=O) groups excluding carboxylic acids is 1. The van der Waals surface area contributed by atoms with Gasteiger partial charge in [-0.15, -0.1) is 12.4 Å². The molecule has 126 valence electrons. The number of amides is 1. The molecule has 0 saturated carbocycles. The molecule has 1 aromatic carbocycles. The molecule has 1 rings (SSSR count). The van der Waals surface area contributed by atoms with E-state index in [1.165, 1.54) is 0 Å². The number of hydrogen-bond donors (Lipinski definition) is 2. The van der Waals surface area contributed by atoms with Crippen molar-refractivity contribution in [2.24, 2.45) is 5.73 Å². The first kappa shape index (κ1) is 20.7. The summed E-state index contributed by atoms with van der Waals surface area (Å²) in [6, 6.07) is 7.28. The fraction of sp³-hybridized carbons (Fsp3) is 0.562. The Kier molecular flexibility index (Phi) is 10.6. The van der Waals surface area contributed by atoms with Gasteiger partial charge in [-0.05, 0) is 37.7 Å². The first-order valence-corrected chi connectivity index (χ1v) is 7.54. The number of likely N-dealkylation sites (N-methyl/N-ethyl adjacent to an activating group) is 1. The second-order valence-electron chi connectivity index (χ2n) is 5.03. The van der Waals surface area contributed by atoms with Crippen LogP contribution in [-0.2, 0) is 11.3 Å². The SMILES string of the molecule is CCN(CC)CCOc1ccc(CNC(=O)C(C)N)cc1.Cl. The number of ether oxygens (including phenoxy) is 1. The van der Waals surface area contributed by atoms with E-state index in [4.69, 9.17) is 10.5 Å². The van der Waals surface area contributed by atoms with Crippen LogP contribution in [0.1, 0.15) is 26.3 Å². The molecule has 22 heavy (non-hydrogen) atoms. The van der Waals surface area contributed by atoms with Crippen molar-refractivity contribution >= 4 is 18.3 Å². The molecule has 0 fully saturated rings. The van der Waals surface area contributed by atoms with Crippen molar-refractivity contribution in [2.75, 3.05) is 26.2 Å². The van der Waals surface area contributed by atoms with E-state index in [0.717, 1.165) is 30.9 Å². The van der Waals surface area contributed by atoms with Gasteiger partial charge in [0.15, 0.2) is 0 Å². The van der Waals surface area contributed by atoms with Crippen molar-refractivity contribution in [3.63, 3.8) is 0 Å². The molecule has 1 aromatic rings. The number of carbonyl (C=O) groups is 1. The van der Waals surface area contributed by atoms with Gasteiger partial charge < -0.3 is 20.7 Å². The maximum Gasteiger partial charge on any atom is 0.236 e. The Balaban J connectivity index is 0.00000441. The highest BCUT2D eigenvalue weighted by Gasteiger charge is 2.06. The van der Waals surface area contributed by atoms with E-state index in [0.29, 0.717) is 13.2 Å². The second kappa shape index (κ2) is 11.3. The van der Waals surface area contributed by atoms with Crippen LogP contribution in [0.2, 0.25) is 0 Å². The number of nitrogens with zero attached hydrogens (tertiary/aromatic N) is 1. The van der Waals surface area contributed by atoms with Crippen LogP contribution in [0.4, 0.5) is 0 Å². The van der Waals surface area contributed by atoms with Gasteiger partial charge in [0, 0.05) is 13.1 Å². The lowest BCUT2D eigenvalue weighted by atomic mass is 10.2. The Morgan fingerprint density at radius 3 is 2.36 bits per heavy atom. The number of halogens is 1. The highest BCUT2D eigenvalue weighted by atomic mass is 35.5. The molecule has 0 bridgehead atoms. The zero-order valence-electron chi connectivity index (χ0n) is 13.7. The lowest BCUT2D eigenvalue weighted by molar-refractivity contribution is -0.122. The minimum atomic E-state index is -0.479. The van der Waals surface area contributed by atoms with E-state index in [9.17, 15) is 4.79 Å². The average Bonchev–Trinajstić information content (AvgIpc) is 2.50. The van der Waals surface area contributed by atoms with E-state index < -0.39 is 6.04 Å². The summed E-state index contributed by atoms with van der Waals surface area (Å²) in [5.41, 5.74) is 6.52. The average molecular weight is 330 g/mol. The summed E-state index contributed by atoms with van der Waals surface area (Å²) in [5, 5.41) is 2.78. The first-order chi connectivity index (χ1) is 10.1. The van der Waals surface area contributed by atoms with Gasteiger partial charge in [0.25, 0.3) is 0 Å². The van der Waals surface area contributed by atoms with Crippen LogP contribution in [-0.4, -0.2) is 43.1 Å². The summed E-state index contributed by atoms with van der Waals surface area (Å²) >= 11 is 0. The van der Waals surface area contributed by atoms with Gasteiger partial charge in [0.2, 0.25) is 5.91 Å². The van der Waals surface area contributed by atoms with Crippen molar-refractivity contribution in [3.8, 4) is 5.75 Å². The Bertz CT molecular complexity index is 420.